The summed E-state index contributed by atoms with van der Waals surface area (Å²) in [7, 11) is 1.43. The quantitative estimate of drug-likeness (QED) is 0.817. The van der Waals surface area contributed by atoms with Gasteiger partial charge in [0.2, 0.25) is 10.7 Å². The maximum atomic E-state index is 12.5. The molecule has 0 saturated heterocycles. The molecule has 7 nitrogen and oxygen atoms in total. The molecule has 0 radical (unpaired) electrons. The number of aromatic nitrogens is 3. The zero-order chi connectivity index (χ0) is 19.0. The SMILES string of the molecule is COC1=CC=C/C(=C\c2c(N)n3nc(C4CCCCC4)sc3nc2=O)C1=O. The third-order valence-corrected chi connectivity index (χ3v) is 6.06. The highest BCUT2D eigenvalue weighted by molar-refractivity contribution is 7.16. The van der Waals surface area contributed by atoms with E-state index in [-0.39, 0.29) is 22.9 Å². The highest BCUT2D eigenvalue weighted by Gasteiger charge is 2.23. The fourth-order valence-corrected chi connectivity index (χ4v) is 4.58. The Labute approximate surface area is 159 Å². The van der Waals surface area contributed by atoms with Crippen LogP contribution in [0.2, 0.25) is 0 Å². The Balaban J connectivity index is 1.77. The molecule has 0 aliphatic heterocycles. The van der Waals surface area contributed by atoms with Crippen LogP contribution in [0.5, 0.6) is 0 Å². The van der Waals surface area contributed by atoms with E-state index in [4.69, 9.17) is 10.5 Å². The molecule has 8 heteroatoms. The molecule has 1 fully saturated rings. The van der Waals surface area contributed by atoms with Gasteiger partial charge in [0, 0.05) is 11.5 Å². The second-order valence-corrected chi connectivity index (χ2v) is 7.70. The van der Waals surface area contributed by atoms with E-state index in [2.05, 4.69) is 10.1 Å². The van der Waals surface area contributed by atoms with Gasteiger partial charge < -0.3 is 10.5 Å². The summed E-state index contributed by atoms with van der Waals surface area (Å²) in [5, 5.41) is 5.59. The van der Waals surface area contributed by atoms with Crippen LogP contribution < -0.4 is 11.3 Å². The van der Waals surface area contributed by atoms with E-state index in [1.165, 1.54) is 48.3 Å². The third-order valence-electron chi connectivity index (χ3n) is 4.99. The van der Waals surface area contributed by atoms with E-state index in [9.17, 15) is 9.59 Å². The first kappa shape index (κ1) is 17.7. The van der Waals surface area contributed by atoms with Gasteiger partial charge in [0.25, 0.3) is 5.56 Å². The summed E-state index contributed by atoms with van der Waals surface area (Å²) in [4.78, 5) is 29.5. The molecule has 0 amide bonds. The van der Waals surface area contributed by atoms with Gasteiger partial charge in [-0.1, -0.05) is 42.8 Å². The van der Waals surface area contributed by atoms with E-state index in [0.29, 0.717) is 16.5 Å². The first-order valence-electron chi connectivity index (χ1n) is 8.96. The number of Topliss-reactive ketones (excluding diaryl/α,β-unsaturated/α-hetero) is 1. The molecule has 2 aromatic rings. The van der Waals surface area contributed by atoms with Crippen molar-refractivity contribution in [1.82, 2.24) is 14.6 Å². The van der Waals surface area contributed by atoms with Gasteiger partial charge in [0.05, 0.1) is 12.7 Å². The Hall–Kier alpha value is -2.74. The topological polar surface area (TPSA) is 99.6 Å². The Morgan fingerprint density at radius 1 is 1.30 bits per heavy atom. The van der Waals surface area contributed by atoms with E-state index in [0.717, 1.165) is 17.8 Å². The molecule has 0 aromatic carbocycles. The first-order valence-corrected chi connectivity index (χ1v) is 9.78. The number of hydrogen-bond acceptors (Lipinski definition) is 7. The number of ketones is 1. The van der Waals surface area contributed by atoms with Crippen molar-refractivity contribution in [3.63, 3.8) is 0 Å². The number of fused-ring (bicyclic) bond motifs is 1. The zero-order valence-corrected chi connectivity index (χ0v) is 15.8. The van der Waals surface area contributed by atoms with Crippen molar-refractivity contribution in [2.24, 2.45) is 0 Å². The maximum absolute atomic E-state index is 12.5. The van der Waals surface area contributed by atoms with Gasteiger partial charge in [0.15, 0.2) is 5.76 Å². The molecule has 2 heterocycles. The molecule has 0 atom stereocenters. The Kier molecular flexibility index (Phi) is 4.65. The molecule has 27 heavy (non-hydrogen) atoms. The Morgan fingerprint density at radius 3 is 2.81 bits per heavy atom. The molecular weight excluding hydrogens is 364 g/mol. The number of carbonyl (C=O) groups excluding carboxylic acids is 1. The van der Waals surface area contributed by atoms with Crippen LogP contribution in [0.15, 0.2) is 34.4 Å². The number of methoxy groups -OCH3 is 1. The monoisotopic (exact) mass is 384 g/mol. The summed E-state index contributed by atoms with van der Waals surface area (Å²) < 4.78 is 6.57. The largest absolute Gasteiger partial charge is 0.493 e. The lowest BCUT2D eigenvalue weighted by Gasteiger charge is -2.18. The van der Waals surface area contributed by atoms with Crippen molar-refractivity contribution in [1.29, 1.82) is 0 Å². The number of hydrogen-bond donors (Lipinski definition) is 1. The summed E-state index contributed by atoms with van der Waals surface area (Å²) in [6, 6.07) is 0. The maximum Gasteiger partial charge on any atom is 0.283 e. The highest BCUT2D eigenvalue weighted by atomic mass is 32.1. The number of nitrogen functional groups attached to an aromatic ring is 1. The van der Waals surface area contributed by atoms with Gasteiger partial charge in [-0.15, -0.1) is 0 Å². The molecule has 2 N–H and O–H groups in total. The molecule has 1 saturated carbocycles. The van der Waals surface area contributed by atoms with Gasteiger partial charge >= 0.3 is 0 Å². The molecule has 2 aliphatic rings. The molecule has 0 unspecified atom stereocenters. The highest BCUT2D eigenvalue weighted by Crippen LogP contribution is 2.35. The van der Waals surface area contributed by atoms with Crippen molar-refractivity contribution in [2.75, 3.05) is 12.8 Å². The predicted octanol–water partition coefficient (Wildman–Crippen LogP) is 2.83. The molecule has 140 valence electrons. The third kappa shape index (κ3) is 3.21. The number of nitrogens with two attached hydrogens (primary N) is 1. The van der Waals surface area contributed by atoms with E-state index < -0.39 is 5.56 Å². The smallest absolute Gasteiger partial charge is 0.283 e. The van der Waals surface area contributed by atoms with E-state index in [1.54, 1.807) is 18.2 Å². The van der Waals surface area contributed by atoms with Crippen molar-refractivity contribution < 1.29 is 9.53 Å². The second kappa shape index (κ2) is 7.11. The average molecular weight is 384 g/mol. The van der Waals surface area contributed by atoms with Gasteiger partial charge in [-0.3, -0.25) is 9.59 Å². The Bertz CT molecular complexity index is 1050. The minimum atomic E-state index is -0.464. The summed E-state index contributed by atoms with van der Waals surface area (Å²) in [6.07, 6.45) is 12.2. The molecule has 0 bridgehead atoms. The summed E-state index contributed by atoms with van der Waals surface area (Å²) >= 11 is 1.42. The number of carbonyl (C=O) groups is 1. The van der Waals surface area contributed by atoms with Crippen LogP contribution >= 0.6 is 11.3 Å². The van der Waals surface area contributed by atoms with Crippen molar-refractivity contribution in [3.05, 3.63) is 50.5 Å². The summed E-state index contributed by atoms with van der Waals surface area (Å²) in [5.74, 6) is 0.513. The minimum absolute atomic E-state index is 0.165. The van der Waals surface area contributed by atoms with E-state index >= 15 is 0 Å². The van der Waals surface area contributed by atoms with Gasteiger partial charge in [-0.2, -0.15) is 14.6 Å². The average Bonchev–Trinajstić information content (AvgIpc) is 3.11. The molecule has 2 aromatic heterocycles. The van der Waals surface area contributed by atoms with Crippen LogP contribution in [0.4, 0.5) is 5.82 Å². The molecular formula is C19H20N4O3S. The van der Waals surface area contributed by atoms with Crippen LogP contribution in [-0.4, -0.2) is 27.5 Å². The fraction of sp³-hybridized carbons (Fsp3) is 0.368. The lowest BCUT2D eigenvalue weighted by atomic mass is 9.90. The lowest BCUT2D eigenvalue weighted by Crippen LogP contribution is -2.18. The van der Waals surface area contributed by atoms with Gasteiger partial charge in [-0.05, 0) is 25.0 Å². The number of nitrogens with zero attached hydrogens (tertiary/aromatic N) is 3. The fourth-order valence-electron chi connectivity index (χ4n) is 3.51. The summed E-state index contributed by atoms with van der Waals surface area (Å²) in [5.41, 5.74) is 6.26. The van der Waals surface area contributed by atoms with Gasteiger partial charge in [0.1, 0.15) is 10.8 Å². The number of allylic oxidation sites excluding steroid dienone is 4. The first-order chi connectivity index (χ1) is 13.1. The number of rotatable bonds is 3. The van der Waals surface area contributed by atoms with Crippen molar-refractivity contribution in [3.8, 4) is 0 Å². The van der Waals surface area contributed by atoms with Gasteiger partial charge in [-0.25, -0.2) is 0 Å². The van der Waals surface area contributed by atoms with Crippen LogP contribution in [0, 0.1) is 0 Å². The van der Waals surface area contributed by atoms with Crippen molar-refractivity contribution >= 4 is 34.0 Å². The zero-order valence-electron chi connectivity index (χ0n) is 15.0. The van der Waals surface area contributed by atoms with Crippen LogP contribution in [0.25, 0.3) is 11.0 Å². The lowest BCUT2D eigenvalue weighted by molar-refractivity contribution is -0.114. The predicted molar refractivity (Wildman–Crippen MR) is 105 cm³/mol. The minimum Gasteiger partial charge on any atom is -0.493 e. The van der Waals surface area contributed by atoms with Crippen LogP contribution in [0.1, 0.15) is 48.6 Å². The Morgan fingerprint density at radius 2 is 2.07 bits per heavy atom. The second-order valence-electron chi connectivity index (χ2n) is 6.71. The standard InChI is InChI=1S/C19H20N4O3S/c1-26-14-9-5-8-12(15(14)24)10-13-16(20)23-19(21-17(13)25)27-18(22-23)11-6-3-2-4-7-11/h5,8-11H,2-4,6-7,20H2,1H3/b12-10+. The van der Waals surface area contributed by atoms with E-state index in [1.807, 2.05) is 0 Å². The van der Waals surface area contributed by atoms with Crippen LogP contribution in [-0.2, 0) is 9.53 Å². The molecule has 0 spiro atoms. The number of anilines is 1. The van der Waals surface area contributed by atoms with Crippen LogP contribution in [0.3, 0.4) is 0 Å². The molecule has 2 aliphatic carbocycles. The van der Waals surface area contributed by atoms with Crippen molar-refractivity contribution in [2.45, 2.75) is 38.0 Å². The number of ether oxygens (including phenoxy) is 1. The summed E-state index contributed by atoms with van der Waals surface area (Å²) in [6.45, 7) is 0. The normalized spacial score (nSPS) is 19.7. The molecule has 4 rings (SSSR count).